The lowest BCUT2D eigenvalue weighted by atomic mass is 10.1. The van der Waals surface area contributed by atoms with Gasteiger partial charge in [-0.1, -0.05) is 18.2 Å². The van der Waals surface area contributed by atoms with Crippen LogP contribution in [0.25, 0.3) is 11.5 Å². The van der Waals surface area contributed by atoms with Crippen molar-refractivity contribution in [2.45, 2.75) is 13.1 Å². The van der Waals surface area contributed by atoms with Crippen molar-refractivity contribution >= 4 is 5.91 Å². The van der Waals surface area contributed by atoms with E-state index in [9.17, 15) is 9.59 Å². The lowest BCUT2D eigenvalue weighted by Gasteiger charge is -2.07. The monoisotopic (exact) mass is 403 g/mol. The van der Waals surface area contributed by atoms with E-state index in [2.05, 4.69) is 20.4 Å². The van der Waals surface area contributed by atoms with Crippen LogP contribution in [0.15, 0.2) is 72.2 Å². The molecule has 0 fully saturated rings. The van der Waals surface area contributed by atoms with Crippen molar-refractivity contribution < 1.29 is 4.79 Å². The number of carbonyl (C=O) groups is 1. The van der Waals surface area contributed by atoms with E-state index in [0.29, 0.717) is 23.6 Å². The first-order chi connectivity index (χ1) is 14.6. The van der Waals surface area contributed by atoms with Crippen LogP contribution in [-0.2, 0) is 20.1 Å². The zero-order valence-electron chi connectivity index (χ0n) is 16.5. The van der Waals surface area contributed by atoms with E-state index in [-0.39, 0.29) is 24.7 Å². The molecule has 9 nitrogen and oxygen atoms in total. The topological polar surface area (TPSA) is 99.6 Å². The molecule has 152 valence electrons. The highest BCUT2D eigenvalue weighted by Gasteiger charge is 2.13. The second kappa shape index (κ2) is 8.56. The van der Waals surface area contributed by atoms with Crippen LogP contribution in [0, 0.1) is 0 Å². The van der Waals surface area contributed by atoms with Crippen LogP contribution in [0.2, 0.25) is 0 Å². The number of aromatic nitrogens is 6. The summed E-state index contributed by atoms with van der Waals surface area (Å²) in [5, 5.41) is 7.17. The molecule has 30 heavy (non-hydrogen) atoms. The summed E-state index contributed by atoms with van der Waals surface area (Å²) < 4.78 is 4.74. The molecule has 9 heteroatoms. The second-order valence-electron chi connectivity index (χ2n) is 6.79. The van der Waals surface area contributed by atoms with Crippen LogP contribution in [0.5, 0.6) is 0 Å². The number of carbonyl (C=O) groups excluding carboxylic acids is 1. The Hall–Kier alpha value is -4.01. The number of hydrogen-bond donors (Lipinski definition) is 1. The summed E-state index contributed by atoms with van der Waals surface area (Å²) in [6.45, 7) is 1.25. The van der Waals surface area contributed by atoms with Gasteiger partial charge in [-0.2, -0.15) is 0 Å². The Balaban J connectivity index is 1.35. The fourth-order valence-electron chi connectivity index (χ4n) is 3.08. The molecule has 0 aliphatic heterocycles. The molecule has 0 saturated heterocycles. The summed E-state index contributed by atoms with van der Waals surface area (Å²) in [6, 6.07) is 12.8. The SMILES string of the molecule is Cn1c(-c2ccccn2)nn(CCNC(=O)c2ccc(Cn3ccnc3)cc2)c1=O. The summed E-state index contributed by atoms with van der Waals surface area (Å²) in [5.41, 5.74) is 2.00. The molecule has 0 atom stereocenters. The third kappa shape index (κ3) is 4.19. The van der Waals surface area contributed by atoms with Crippen molar-refractivity contribution in [2.24, 2.45) is 7.05 Å². The number of benzene rings is 1. The molecule has 0 spiro atoms. The normalized spacial score (nSPS) is 10.8. The highest BCUT2D eigenvalue weighted by molar-refractivity contribution is 5.94. The van der Waals surface area contributed by atoms with E-state index in [1.54, 1.807) is 50.0 Å². The molecule has 1 N–H and O–H groups in total. The quantitative estimate of drug-likeness (QED) is 0.502. The molecule has 3 aromatic heterocycles. The molecule has 0 radical (unpaired) electrons. The first kappa shape index (κ1) is 19.3. The predicted molar refractivity (Wildman–Crippen MR) is 111 cm³/mol. The number of nitrogens with zero attached hydrogens (tertiary/aromatic N) is 6. The van der Waals surface area contributed by atoms with Gasteiger partial charge in [-0.15, -0.1) is 5.10 Å². The van der Waals surface area contributed by atoms with E-state index in [1.807, 2.05) is 29.0 Å². The van der Waals surface area contributed by atoms with Crippen molar-refractivity contribution in [3.63, 3.8) is 0 Å². The van der Waals surface area contributed by atoms with Gasteiger partial charge in [0.25, 0.3) is 5.91 Å². The van der Waals surface area contributed by atoms with Crippen LogP contribution in [0.4, 0.5) is 0 Å². The Morgan fingerprint density at radius 2 is 1.93 bits per heavy atom. The highest BCUT2D eigenvalue weighted by atomic mass is 16.2. The van der Waals surface area contributed by atoms with Gasteiger partial charge < -0.3 is 9.88 Å². The van der Waals surface area contributed by atoms with Gasteiger partial charge in [0.15, 0.2) is 5.82 Å². The van der Waals surface area contributed by atoms with Gasteiger partial charge in [0.05, 0.1) is 12.9 Å². The summed E-state index contributed by atoms with van der Waals surface area (Å²) in [4.78, 5) is 33.0. The van der Waals surface area contributed by atoms with Gasteiger partial charge in [-0.05, 0) is 29.8 Å². The third-order valence-electron chi connectivity index (χ3n) is 4.68. The van der Waals surface area contributed by atoms with E-state index >= 15 is 0 Å². The Labute approximate surface area is 172 Å². The number of hydrogen-bond acceptors (Lipinski definition) is 5. The van der Waals surface area contributed by atoms with Gasteiger partial charge in [0, 0.05) is 44.3 Å². The first-order valence-corrected chi connectivity index (χ1v) is 9.50. The van der Waals surface area contributed by atoms with Crippen molar-refractivity contribution in [3.05, 3.63) is 89.0 Å². The maximum absolute atomic E-state index is 12.4. The lowest BCUT2D eigenvalue weighted by molar-refractivity contribution is 0.0952. The molecule has 3 heterocycles. The molecule has 1 amide bonds. The van der Waals surface area contributed by atoms with Gasteiger partial charge >= 0.3 is 5.69 Å². The predicted octanol–water partition coefficient (Wildman–Crippen LogP) is 1.32. The summed E-state index contributed by atoms with van der Waals surface area (Å²) in [5.74, 6) is 0.290. The average molecular weight is 403 g/mol. The fraction of sp³-hybridized carbons (Fsp3) is 0.190. The van der Waals surface area contributed by atoms with E-state index in [1.165, 1.54) is 9.25 Å². The van der Waals surface area contributed by atoms with Crippen molar-refractivity contribution in [3.8, 4) is 11.5 Å². The molecular weight excluding hydrogens is 382 g/mol. The van der Waals surface area contributed by atoms with Crippen LogP contribution in [0.1, 0.15) is 15.9 Å². The minimum Gasteiger partial charge on any atom is -0.350 e. The van der Waals surface area contributed by atoms with E-state index in [4.69, 9.17) is 0 Å². The largest absolute Gasteiger partial charge is 0.350 e. The van der Waals surface area contributed by atoms with E-state index < -0.39 is 0 Å². The maximum Gasteiger partial charge on any atom is 0.346 e. The minimum absolute atomic E-state index is 0.196. The maximum atomic E-state index is 12.4. The number of nitrogens with one attached hydrogen (secondary N) is 1. The molecular formula is C21H21N7O2. The van der Waals surface area contributed by atoms with Crippen LogP contribution >= 0.6 is 0 Å². The third-order valence-corrected chi connectivity index (χ3v) is 4.68. The highest BCUT2D eigenvalue weighted by Crippen LogP contribution is 2.10. The Bertz CT molecular complexity index is 1180. The molecule has 0 bridgehead atoms. The molecule has 4 rings (SSSR count). The molecule has 0 saturated carbocycles. The number of pyridine rings is 1. The van der Waals surface area contributed by atoms with E-state index in [0.717, 1.165) is 5.56 Å². The van der Waals surface area contributed by atoms with Gasteiger partial charge in [-0.3, -0.25) is 14.3 Å². The van der Waals surface area contributed by atoms with Crippen LogP contribution in [-0.4, -0.2) is 41.3 Å². The van der Waals surface area contributed by atoms with Gasteiger partial charge in [0.2, 0.25) is 0 Å². The fourth-order valence-corrected chi connectivity index (χ4v) is 3.08. The minimum atomic E-state index is -0.256. The number of amides is 1. The number of imidazole rings is 1. The smallest absolute Gasteiger partial charge is 0.346 e. The summed E-state index contributed by atoms with van der Waals surface area (Å²) in [6.07, 6.45) is 7.02. The zero-order chi connectivity index (χ0) is 20.9. The van der Waals surface area contributed by atoms with Crippen molar-refractivity contribution in [2.75, 3.05) is 6.54 Å². The second-order valence-corrected chi connectivity index (χ2v) is 6.79. The lowest BCUT2D eigenvalue weighted by Crippen LogP contribution is -2.31. The summed E-state index contributed by atoms with van der Waals surface area (Å²) >= 11 is 0. The molecule has 4 aromatic rings. The van der Waals surface area contributed by atoms with Crippen LogP contribution < -0.4 is 11.0 Å². The van der Waals surface area contributed by atoms with Crippen LogP contribution in [0.3, 0.4) is 0 Å². The number of rotatable bonds is 7. The Morgan fingerprint density at radius 1 is 1.10 bits per heavy atom. The average Bonchev–Trinajstić information content (AvgIpc) is 3.38. The van der Waals surface area contributed by atoms with Crippen molar-refractivity contribution in [1.29, 1.82) is 0 Å². The molecule has 1 aromatic carbocycles. The van der Waals surface area contributed by atoms with Crippen molar-refractivity contribution in [1.82, 2.24) is 34.2 Å². The van der Waals surface area contributed by atoms with Gasteiger partial charge in [0.1, 0.15) is 5.69 Å². The van der Waals surface area contributed by atoms with Gasteiger partial charge in [-0.25, -0.2) is 14.5 Å². The molecule has 0 aliphatic carbocycles. The standard InChI is InChI=1S/C21H21N7O2/c1-26-19(18-4-2-3-9-23-18)25-28(21(26)30)13-11-24-20(29)17-7-5-16(6-8-17)14-27-12-10-22-15-27/h2-10,12,15H,11,13-14H2,1H3,(H,24,29). The first-order valence-electron chi connectivity index (χ1n) is 9.50. The molecule has 0 aliphatic rings. The Morgan fingerprint density at radius 3 is 2.63 bits per heavy atom. The summed E-state index contributed by atoms with van der Waals surface area (Å²) in [7, 11) is 1.65. The molecule has 0 unspecified atom stereocenters. The zero-order valence-corrected chi connectivity index (χ0v) is 16.5. The Kier molecular flexibility index (Phi) is 5.51.